The van der Waals surface area contributed by atoms with Gasteiger partial charge >= 0.3 is 6.61 Å². The van der Waals surface area contributed by atoms with Gasteiger partial charge in [-0.1, -0.05) is 23.7 Å². The van der Waals surface area contributed by atoms with Gasteiger partial charge in [0.15, 0.2) is 11.5 Å². The Morgan fingerprint density at radius 1 is 1.17 bits per heavy atom. The molecule has 1 unspecified atom stereocenters. The average Bonchev–Trinajstić information content (AvgIpc) is 2.75. The number of nitrogens with one attached hydrogen (secondary N) is 1. The van der Waals surface area contributed by atoms with Crippen molar-refractivity contribution in [2.75, 3.05) is 40.0 Å². The number of halogens is 3. The van der Waals surface area contributed by atoms with Gasteiger partial charge in [0, 0.05) is 30.2 Å². The number of rotatable bonds is 8. The van der Waals surface area contributed by atoms with E-state index in [1.165, 1.54) is 25.3 Å². The van der Waals surface area contributed by atoms with Gasteiger partial charge in [0.1, 0.15) is 0 Å². The lowest BCUT2D eigenvalue weighted by atomic mass is 10.0. The van der Waals surface area contributed by atoms with Crippen molar-refractivity contribution in [2.45, 2.75) is 12.7 Å². The Morgan fingerprint density at radius 3 is 2.50 bits per heavy atom. The summed E-state index contributed by atoms with van der Waals surface area (Å²) in [5.74, 6) is -0.411. The number of benzene rings is 2. The Bertz CT molecular complexity index is 845. The van der Waals surface area contributed by atoms with E-state index in [1.54, 1.807) is 0 Å². The summed E-state index contributed by atoms with van der Waals surface area (Å²) in [6.07, 6.45) is 0. The highest BCUT2D eigenvalue weighted by molar-refractivity contribution is 6.30. The molecule has 0 bridgehead atoms. The summed E-state index contributed by atoms with van der Waals surface area (Å²) < 4.78 is 39.9. The number of methoxy groups -OCH3 is 1. The molecule has 1 heterocycles. The van der Waals surface area contributed by atoms with Crippen LogP contribution in [0.25, 0.3) is 0 Å². The molecule has 1 amide bonds. The van der Waals surface area contributed by atoms with E-state index in [2.05, 4.69) is 15.0 Å². The van der Waals surface area contributed by atoms with E-state index in [0.29, 0.717) is 24.8 Å². The number of nitrogens with zero attached hydrogens (tertiary/aromatic N) is 1. The zero-order chi connectivity index (χ0) is 21.5. The van der Waals surface area contributed by atoms with Crippen LogP contribution in [0, 0.1) is 0 Å². The number of hydrogen-bond donors (Lipinski definition) is 1. The van der Waals surface area contributed by atoms with E-state index >= 15 is 0 Å². The van der Waals surface area contributed by atoms with Crippen LogP contribution in [0.2, 0.25) is 5.02 Å². The number of alkyl halides is 2. The second-order valence-corrected chi connectivity index (χ2v) is 7.11. The quantitative estimate of drug-likeness (QED) is 0.677. The number of morpholine rings is 1. The van der Waals surface area contributed by atoms with Crippen molar-refractivity contribution in [3.05, 3.63) is 58.6 Å². The fourth-order valence-electron chi connectivity index (χ4n) is 3.33. The fraction of sp³-hybridized carbons (Fsp3) is 0.381. The minimum absolute atomic E-state index is 0.0570. The maximum absolute atomic E-state index is 12.7. The Hall–Kier alpha value is -2.42. The van der Waals surface area contributed by atoms with Crippen LogP contribution in [0.1, 0.15) is 22.0 Å². The molecule has 3 rings (SSSR count). The highest BCUT2D eigenvalue weighted by atomic mass is 35.5. The first-order valence-corrected chi connectivity index (χ1v) is 9.84. The first-order chi connectivity index (χ1) is 14.5. The number of ether oxygens (including phenoxy) is 3. The van der Waals surface area contributed by atoms with Gasteiger partial charge in [-0.2, -0.15) is 8.78 Å². The number of carbonyl (C=O) groups is 1. The van der Waals surface area contributed by atoms with E-state index in [4.69, 9.17) is 21.1 Å². The van der Waals surface area contributed by atoms with Crippen molar-refractivity contribution in [3.63, 3.8) is 0 Å². The number of hydrogen-bond acceptors (Lipinski definition) is 5. The standard InChI is InChI=1S/C21H23ClF2N2O4/c1-28-19-12-15(4-7-18(19)30-21(23)24)20(27)25-13-17(26-8-10-29-11-9-26)14-2-5-16(22)6-3-14/h2-7,12,17,21H,8-11,13H2,1H3,(H,25,27). The van der Waals surface area contributed by atoms with Gasteiger partial charge in [0.2, 0.25) is 0 Å². The number of carbonyl (C=O) groups excluding carboxylic acids is 1. The summed E-state index contributed by atoms with van der Waals surface area (Å²) in [4.78, 5) is 14.9. The molecule has 1 atom stereocenters. The summed E-state index contributed by atoms with van der Waals surface area (Å²) in [6, 6.07) is 11.5. The van der Waals surface area contributed by atoms with E-state index < -0.39 is 6.61 Å². The second-order valence-electron chi connectivity index (χ2n) is 6.67. The summed E-state index contributed by atoms with van der Waals surface area (Å²) in [6.45, 7) is 0.125. The van der Waals surface area contributed by atoms with Crippen LogP contribution < -0.4 is 14.8 Å². The summed E-state index contributed by atoms with van der Waals surface area (Å²) >= 11 is 6.01. The van der Waals surface area contributed by atoms with Crippen molar-refractivity contribution in [1.29, 1.82) is 0 Å². The third-order valence-electron chi connectivity index (χ3n) is 4.84. The molecule has 1 fully saturated rings. The topological polar surface area (TPSA) is 60.0 Å². The van der Waals surface area contributed by atoms with E-state index in [9.17, 15) is 13.6 Å². The molecule has 30 heavy (non-hydrogen) atoms. The van der Waals surface area contributed by atoms with Gasteiger partial charge in [0.05, 0.1) is 26.4 Å². The fourth-order valence-corrected chi connectivity index (χ4v) is 3.45. The van der Waals surface area contributed by atoms with Crippen molar-refractivity contribution in [2.24, 2.45) is 0 Å². The van der Waals surface area contributed by atoms with Crippen molar-refractivity contribution >= 4 is 17.5 Å². The van der Waals surface area contributed by atoms with Gasteiger partial charge in [-0.25, -0.2) is 0 Å². The molecule has 1 aliphatic rings. The van der Waals surface area contributed by atoms with Crippen LogP contribution >= 0.6 is 11.6 Å². The van der Waals surface area contributed by atoms with Crippen LogP contribution in [-0.4, -0.2) is 57.4 Å². The maximum Gasteiger partial charge on any atom is 0.387 e. The molecule has 0 aromatic heterocycles. The van der Waals surface area contributed by atoms with Crippen LogP contribution in [0.15, 0.2) is 42.5 Å². The monoisotopic (exact) mass is 440 g/mol. The molecule has 1 saturated heterocycles. The lowest BCUT2D eigenvalue weighted by Gasteiger charge is -2.35. The maximum atomic E-state index is 12.7. The predicted molar refractivity (Wildman–Crippen MR) is 109 cm³/mol. The van der Waals surface area contributed by atoms with Gasteiger partial charge in [-0.15, -0.1) is 0 Å². The zero-order valence-electron chi connectivity index (χ0n) is 16.4. The van der Waals surface area contributed by atoms with Gasteiger partial charge < -0.3 is 19.5 Å². The Kier molecular flexibility index (Phi) is 7.84. The van der Waals surface area contributed by atoms with Crippen LogP contribution in [0.4, 0.5) is 8.78 Å². The highest BCUT2D eigenvalue weighted by Gasteiger charge is 2.24. The summed E-state index contributed by atoms with van der Waals surface area (Å²) in [7, 11) is 1.32. The zero-order valence-corrected chi connectivity index (χ0v) is 17.2. The third kappa shape index (κ3) is 5.81. The lowest BCUT2D eigenvalue weighted by molar-refractivity contribution is -0.0512. The molecular formula is C21H23ClF2N2O4. The van der Waals surface area contributed by atoms with E-state index in [-0.39, 0.29) is 29.0 Å². The van der Waals surface area contributed by atoms with Gasteiger partial charge in [0.25, 0.3) is 5.91 Å². The largest absolute Gasteiger partial charge is 0.493 e. The molecule has 162 valence electrons. The molecular weight excluding hydrogens is 418 g/mol. The Labute approximate surface area is 178 Å². The van der Waals surface area contributed by atoms with Gasteiger partial charge in [-0.3, -0.25) is 9.69 Å². The smallest absolute Gasteiger partial charge is 0.387 e. The summed E-state index contributed by atoms with van der Waals surface area (Å²) in [5, 5.41) is 3.56. The van der Waals surface area contributed by atoms with Gasteiger partial charge in [-0.05, 0) is 35.9 Å². The van der Waals surface area contributed by atoms with E-state index in [1.807, 2.05) is 24.3 Å². The highest BCUT2D eigenvalue weighted by Crippen LogP contribution is 2.29. The van der Waals surface area contributed by atoms with Crippen molar-refractivity contribution in [1.82, 2.24) is 10.2 Å². The first-order valence-electron chi connectivity index (χ1n) is 9.46. The molecule has 2 aromatic rings. The van der Waals surface area contributed by atoms with E-state index in [0.717, 1.165) is 18.7 Å². The minimum Gasteiger partial charge on any atom is -0.493 e. The summed E-state index contributed by atoms with van der Waals surface area (Å²) in [5.41, 5.74) is 1.31. The van der Waals surface area contributed by atoms with Crippen molar-refractivity contribution in [3.8, 4) is 11.5 Å². The number of amides is 1. The second kappa shape index (κ2) is 10.6. The SMILES string of the molecule is COc1cc(C(=O)NCC(c2ccc(Cl)cc2)N2CCOCC2)ccc1OC(F)F. The third-order valence-corrected chi connectivity index (χ3v) is 5.09. The minimum atomic E-state index is -2.98. The molecule has 6 nitrogen and oxygen atoms in total. The van der Waals surface area contributed by atoms with Crippen LogP contribution in [-0.2, 0) is 4.74 Å². The molecule has 0 spiro atoms. The predicted octanol–water partition coefficient (Wildman–Crippen LogP) is 3.75. The van der Waals surface area contributed by atoms with Crippen LogP contribution in [0.5, 0.6) is 11.5 Å². The normalized spacial score (nSPS) is 15.6. The van der Waals surface area contributed by atoms with Crippen molar-refractivity contribution < 1.29 is 27.8 Å². The lowest BCUT2D eigenvalue weighted by Crippen LogP contribution is -2.43. The molecule has 1 aliphatic heterocycles. The molecule has 0 aliphatic carbocycles. The Balaban J connectivity index is 1.72. The molecule has 1 N–H and O–H groups in total. The molecule has 9 heteroatoms. The first kappa shape index (κ1) is 22.3. The molecule has 0 radical (unpaired) electrons. The Morgan fingerprint density at radius 2 is 1.87 bits per heavy atom. The van der Waals surface area contributed by atoms with Crippen LogP contribution in [0.3, 0.4) is 0 Å². The molecule has 2 aromatic carbocycles. The average molecular weight is 441 g/mol. The molecule has 0 saturated carbocycles.